The molecule has 0 fully saturated rings. The van der Waals surface area contributed by atoms with Crippen LogP contribution >= 0.6 is 11.8 Å². The molecule has 164 valence electrons. The number of hydrogen-bond acceptors (Lipinski definition) is 5. The first kappa shape index (κ1) is 21.6. The highest BCUT2D eigenvalue weighted by atomic mass is 32.2. The number of pyridine rings is 1. The van der Waals surface area contributed by atoms with E-state index in [1.54, 1.807) is 11.8 Å². The van der Waals surface area contributed by atoms with Gasteiger partial charge in [0.2, 0.25) is 0 Å². The highest BCUT2D eigenvalue weighted by Gasteiger charge is 2.18. The third-order valence-electron chi connectivity index (χ3n) is 5.48. The minimum atomic E-state index is 0.584. The molecule has 0 radical (unpaired) electrons. The van der Waals surface area contributed by atoms with E-state index in [9.17, 15) is 5.26 Å². The summed E-state index contributed by atoms with van der Waals surface area (Å²) in [5.41, 5.74) is 5.57. The zero-order chi connectivity index (χ0) is 23.3. The summed E-state index contributed by atoms with van der Waals surface area (Å²) < 4.78 is 2.09. The zero-order valence-corrected chi connectivity index (χ0v) is 19.2. The van der Waals surface area contributed by atoms with E-state index in [2.05, 4.69) is 51.7 Å². The Hall–Kier alpha value is -4.21. The third-order valence-corrected chi connectivity index (χ3v) is 6.52. The number of fused-ring (bicyclic) bond motifs is 1. The van der Waals surface area contributed by atoms with Crippen molar-refractivity contribution in [2.24, 2.45) is 0 Å². The van der Waals surface area contributed by atoms with Gasteiger partial charge in [0.05, 0.1) is 22.8 Å². The van der Waals surface area contributed by atoms with Gasteiger partial charge in [-0.05, 0) is 29.8 Å². The fourth-order valence-electron chi connectivity index (χ4n) is 3.88. The Morgan fingerprint density at radius 3 is 2.59 bits per heavy atom. The number of thioether (sulfide) groups is 1. The fourth-order valence-corrected chi connectivity index (χ4v) is 4.77. The van der Waals surface area contributed by atoms with Crippen LogP contribution in [0, 0.1) is 11.3 Å². The second-order valence-corrected chi connectivity index (χ2v) is 8.69. The average Bonchev–Trinajstić information content (AvgIpc) is 3.30. The molecule has 0 saturated carbocycles. The molecule has 0 saturated heterocycles. The van der Waals surface area contributed by atoms with Gasteiger partial charge in [-0.1, -0.05) is 78.5 Å². The summed E-state index contributed by atoms with van der Waals surface area (Å²) in [5, 5.41) is 20.1. The normalized spacial score (nSPS) is 10.8. The summed E-state index contributed by atoms with van der Waals surface area (Å²) in [7, 11) is 0. The molecule has 0 unspecified atom stereocenters. The van der Waals surface area contributed by atoms with Crippen molar-refractivity contribution in [3.8, 4) is 28.7 Å². The Morgan fingerprint density at radius 2 is 1.76 bits per heavy atom. The lowest BCUT2D eigenvalue weighted by molar-refractivity contribution is 0.731. The number of nitriles is 1. The topological polar surface area (TPSA) is 67.4 Å². The summed E-state index contributed by atoms with van der Waals surface area (Å²) in [6, 6.07) is 30.2. The Morgan fingerprint density at radius 1 is 0.941 bits per heavy atom. The van der Waals surface area contributed by atoms with Crippen molar-refractivity contribution >= 4 is 22.7 Å². The van der Waals surface area contributed by atoms with Gasteiger partial charge in [0.15, 0.2) is 11.0 Å². The smallest absolute Gasteiger partial charge is 0.192 e. The van der Waals surface area contributed by atoms with Crippen LogP contribution in [-0.4, -0.2) is 19.7 Å². The summed E-state index contributed by atoms with van der Waals surface area (Å²) in [4.78, 5) is 4.90. The maximum absolute atomic E-state index is 9.18. The van der Waals surface area contributed by atoms with E-state index >= 15 is 0 Å². The van der Waals surface area contributed by atoms with Crippen molar-refractivity contribution in [2.75, 3.05) is 0 Å². The lowest BCUT2D eigenvalue weighted by Gasteiger charge is -2.12. The Bertz CT molecular complexity index is 1520. The Balaban J connectivity index is 1.58. The first-order chi connectivity index (χ1) is 16.8. The van der Waals surface area contributed by atoms with Gasteiger partial charge in [-0.15, -0.1) is 16.8 Å². The Labute approximate surface area is 202 Å². The van der Waals surface area contributed by atoms with E-state index < -0.39 is 0 Å². The van der Waals surface area contributed by atoms with Crippen molar-refractivity contribution in [3.63, 3.8) is 0 Å². The van der Waals surface area contributed by atoms with Gasteiger partial charge in [-0.25, -0.2) is 4.98 Å². The van der Waals surface area contributed by atoms with Gasteiger partial charge >= 0.3 is 0 Å². The molecule has 0 N–H and O–H groups in total. The number of hydrogen-bond donors (Lipinski definition) is 0. The molecule has 6 heteroatoms. The number of para-hydroxylation sites is 1. The van der Waals surface area contributed by atoms with Gasteiger partial charge in [-0.2, -0.15) is 5.26 Å². The quantitative estimate of drug-likeness (QED) is 0.205. The molecular formula is C28H21N5S. The fraction of sp³-hybridized carbons (Fsp3) is 0.0714. The van der Waals surface area contributed by atoms with E-state index in [0.29, 0.717) is 17.9 Å². The Kier molecular flexibility index (Phi) is 6.19. The minimum Gasteiger partial charge on any atom is -0.298 e. The standard InChI is InChI=1S/C28H21N5S/c1-2-15-33-27(31-32-28(33)34-19-21-10-8-9-20(16-21)18-29)24-17-26(22-11-4-3-5-12-22)30-25-14-7-6-13-23(24)25/h2-14,16-17H,1,15,19H2. The zero-order valence-electron chi connectivity index (χ0n) is 18.4. The van der Waals surface area contributed by atoms with Crippen molar-refractivity contribution < 1.29 is 0 Å². The second kappa shape index (κ2) is 9.74. The first-order valence-corrected chi connectivity index (χ1v) is 11.9. The van der Waals surface area contributed by atoms with E-state index in [1.165, 1.54) is 0 Å². The monoisotopic (exact) mass is 459 g/mol. The molecule has 2 aromatic heterocycles. The van der Waals surface area contributed by atoms with Gasteiger partial charge < -0.3 is 0 Å². The average molecular weight is 460 g/mol. The molecular weight excluding hydrogens is 438 g/mol. The van der Waals surface area contributed by atoms with Crippen LogP contribution in [0.5, 0.6) is 0 Å². The molecule has 5 nitrogen and oxygen atoms in total. The maximum atomic E-state index is 9.18. The van der Waals surface area contributed by atoms with Gasteiger partial charge in [0.1, 0.15) is 0 Å². The molecule has 0 aliphatic rings. The van der Waals surface area contributed by atoms with E-state index in [-0.39, 0.29) is 0 Å². The van der Waals surface area contributed by atoms with Crippen LogP contribution in [0.4, 0.5) is 0 Å². The predicted molar refractivity (Wildman–Crippen MR) is 137 cm³/mol. The summed E-state index contributed by atoms with van der Waals surface area (Å²) in [6.07, 6.45) is 1.86. The number of nitrogens with zero attached hydrogens (tertiary/aromatic N) is 5. The molecule has 2 heterocycles. The highest BCUT2D eigenvalue weighted by Crippen LogP contribution is 2.33. The highest BCUT2D eigenvalue weighted by molar-refractivity contribution is 7.98. The molecule has 0 atom stereocenters. The molecule has 0 bridgehead atoms. The molecule has 0 aliphatic heterocycles. The summed E-state index contributed by atoms with van der Waals surface area (Å²) in [5.74, 6) is 1.47. The van der Waals surface area contributed by atoms with Gasteiger partial charge in [0, 0.05) is 28.8 Å². The second-order valence-electron chi connectivity index (χ2n) is 7.74. The van der Waals surface area contributed by atoms with E-state index in [1.807, 2.05) is 66.7 Å². The van der Waals surface area contributed by atoms with Crippen LogP contribution in [0.15, 0.2) is 103 Å². The molecule has 0 amide bonds. The largest absolute Gasteiger partial charge is 0.298 e. The van der Waals surface area contributed by atoms with Gasteiger partial charge in [-0.3, -0.25) is 4.57 Å². The van der Waals surface area contributed by atoms with Crippen molar-refractivity contribution in [2.45, 2.75) is 17.5 Å². The molecule has 0 spiro atoms. The number of rotatable bonds is 7. The third kappa shape index (κ3) is 4.34. The van der Waals surface area contributed by atoms with Crippen LogP contribution in [0.1, 0.15) is 11.1 Å². The van der Waals surface area contributed by atoms with E-state index in [4.69, 9.17) is 4.98 Å². The van der Waals surface area contributed by atoms with Crippen LogP contribution in [-0.2, 0) is 12.3 Å². The number of allylic oxidation sites excluding steroid dienone is 1. The minimum absolute atomic E-state index is 0.584. The molecule has 3 aromatic carbocycles. The predicted octanol–water partition coefficient (Wildman–Crippen LogP) is 6.51. The molecule has 0 aliphatic carbocycles. The van der Waals surface area contributed by atoms with Crippen LogP contribution in [0.25, 0.3) is 33.5 Å². The molecule has 5 aromatic rings. The van der Waals surface area contributed by atoms with Crippen molar-refractivity contribution in [1.29, 1.82) is 5.26 Å². The lowest BCUT2D eigenvalue weighted by atomic mass is 10.0. The summed E-state index contributed by atoms with van der Waals surface area (Å²) in [6.45, 7) is 4.53. The van der Waals surface area contributed by atoms with Crippen LogP contribution in [0.3, 0.4) is 0 Å². The van der Waals surface area contributed by atoms with Crippen LogP contribution < -0.4 is 0 Å². The first-order valence-electron chi connectivity index (χ1n) is 10.9. The maximum Gasteiger partial charge on any atom is 0.192 e. The lowest BCUT2D eigenvalue weighted by Crippen LogP contribution is -2.02. The summed E-state index contributed by atoms with van der Waals surface area (Å²) >= 11 is 1.60. The van der Waals surface area contributed by atoms with Gasteiger partial charge in [0.25, 0.3) is 0 Å². The van der Waals surface area contributed by atoms with E-state index in [0.717, 1.165) is 44.3 Å². The molecule has 5 rings (SSSR count). The number of aromatic nitrogens is 4. The van der Waals surface area contributed by atoms with Crippen molar-refractivity contribution in [1.82, 2.24) is 19.7 Å². The van der Waals surface area contributed by atoms with Crippen LogP contribution in [0.2, 0.25) is 0 Å². The number of benzene rings is 3. The molecule has 34 heavy (non-hydrogen) atoms. The SMILES string of the molecule is C=CCn1c(SCc2cccc(C#N)c2)nnc1-c1cc(-c2ccccc2)nc2ccccc12. The van der Waals surface area contributed by atoms with Crippen molar-refractivity contribution in [3.05, 3.63) is 109 Å².